The molecule has 1 aromatic rings. The second kappa shape index (κ2) is 5.24. The minimum absolute atomic E-state index is 0.215. The summed E-state index contributed by atoms with van der Waals surface area (Å²) in [4.78, 5) is 2.06. The molecule has 2 aliphatic rings. The molecule has 1 aliphatic heterocycles. The van der Waals surface area contributed by atoms with Crippen molar-refractivity contribution in [1.82, 2.24) is 4.90 Å². The van der Waals surface area contributed by atoms with Crippen LogP contribution in [0.3, 0.4) is 0 Å². The lowest BCUT2D eigenvalue weighted by Gasteiger charge is -2.42. The van der Waals surface area contributed by atoms with Gasteiger partial charge in [0, 0.05) is 25.2 Å². The van der Waals surface area contributed by atoms with Crippen molar-refractivity contribution in [3.8, 4) is 11.5 Å². The highest BCUT2D eigenvalue weighted by Gasteiger charge is 2.42. The third-order valence-electron chi connectivity index (χ3n) is 4.37. The second-order valence-electron chi connectivity index (χ2n) is 5.85. The van der Waals surface area contributed by atoms with Crippen LogP contribution in [0.4, 0.5) is 0 Å². The zero-order valence-electron chi connectivity index (χ0n) is 11.5. The number of benzene rings is 1. The number of β-amino-alcohol motifs (C(OH)–C–C–N with tert-alkyl or cyclic N) is 1. The highest BCUT2D eigenvalue weighted by Crippen LogP contribution is 2.35. The van der Waals surface area contributed by atoms with E-state index in [1.807, 2.05) is 0 Å². The average molecular weight is 279 g/mol. The van der Waals surface area contributed by atoms with Crippen molar-refractivity contribution < 1.29 is 20.1 Å². The van der Waals surface area contributed by atoms with E-state index in [-0.39, 0.29) is 5.75 Å². The number of aromatic hydroxyl groups is 1. The van der Waals surface area contributed by atoms with Gasteiger partial charge in [0.25, 0.3) is 0 Å². The van der Waals surface area contributed by atoms with Crippen LogP contribution >= 0.6 is 0 Å². The summed E-state index contributed by atoms with van der Waals surface area (Å²) in [5, 5.41) is 29.9. The first-order chi connectivity index (χ1) is 9.57. The van der Waals surface area contributed by atoms with Crippen LogP contribution in [0.25, 0.3) is 0 Å². The van der Waals surface area contributed by atoms with Gasteiger partial charge >= 0.3 is 0 Å². The first-order valence-corrected chi connectivity index (χ1v) is 7.14. The van der Waals surface area contributed by atoms with E-state index in [0.29, 0.717) is 39.1 Å². The van der Waals surface area contributed by atoms with Crippen molar-refractivity contribution in [3.63, 3.8) is 0 Å². The minimum Gasteiger partial charge on any atom is -0.508 e. The molecule has 3 rings (SSSR count). The van der Waals surface area contributed by atoms with Crippen molar-refractivity contribution in [1.29, 1.82) is 0 Å². The summed E-state index contributed by atoms with van der Waals surface area (Å²) in [5.74, 6) is 0.995. The first kappa shape index (κ1) is 13.7. The molecule has 0 aromatic heterocycles. The average Bonchev–Trinajstić information content (AvgIpc) is 2.57. The quantitative estimate of drug-likeness (QED) is 0.765. The number of nitrogens with zero attached hydrogens (tertiary/aromatic N) is 1. The number of rotatable bonds is 3. The molecule has 0 spiro atoms. The zero-order valence-corrected chi connectivity index (χ0v) is 11.5. The number of phenolic OH excluding ortho intramolecular Hbond substituents is 1. The number of ether oxygens (including phenoxy) is 1. The number of hydrogen-bond acceptors (Lipinski definition) is 5. The summed E-state index contributed by atoms with van der Waals surface area (Å²) >= 11 is 0. The van der Waals surface area contributed by atoms with Gasteiger partial charge in [0.1, 0.15) is 18.1 Å². The Hall–Kier alpha value is -1.30. The monoisotopic (exact) mass is 279 g/mol. The summed E-state index contributed by atoms with van der Waals surface area (Å²) < 4.78 is 5.64. The number of fused-ring (bicyclic) bond motifs is 1. The fourth-order valence-corrected chi connectivity index (χ4v) is 2.88. The van der Waals surface area contributed by atoms with E-state index >= 15 is 0 Å². The van der Waals surface area contributed by atoms with Crippen molar-refractivity contribution in [2.24, 2.45) is 0 Å². The Morgan fingerprint density at radius 3 is 2.85 bits per heavy atom. The number of aliphatic hydroxyl groups excluding tert-OH is 1. The van der Waals surface area contributed by atoms with Crippen LogP contribution in [0.2, 0.25) is 0 Å². The lowest BCUT2D eigenvalue weighted by molar-refractivity contribution is -0.133. The fourth-order valence-electron chi connectivity index (χ4n) is 2.88. The van der Waals surface area contributed by atoms with Gasteiger partial charge in [-0.2, -0.15) is 0 Å². The van der Waals surface area contributed by atoms with E-state index in [4.69, 9.17) is 4.74 Å². The van der Waals surface area contributed by atoms with Crippen LogP contribution in [-0.2, 0) is 6.54 Å². The molecule has 1 heterocycles. The number of aliphatic hydroxyl groups is 2. The van der Waals surface area contributed by atoms with Crippen molar-refractivity contribution in [2.45, 2.75) is 37.5 Å². The summed E-state index contributed by atoms with van der Waals surface area (Å²) in [6.07, 6.45) is 1.61. The summed E-state index contributed by atoms with van der Waals surface area (Å²) in [6, 6.07) is 5.07. The second-order valence-corrected chi connectivity index (χ2v) is 5.85. The van der Waals surface area contributed by atoms with E-state index in [0.717, 1.165) is 17.7 Å². The van der Waals surface area contributed by atoms with Crippen molar-refractivity contribution in [2.75, 3.05) is 19.7 Å². The van der Waals surface area contributed by atoms with E-state index < -0.39 is 11.7 Å². The molecular formula is C15H21NO4. The van der Waals surface area contributed by atoms with Crippen molar-refractivity contribution in [3.05, 3.63) is 23.8 Å². The zero-order chi connectivity index (χ0) is 14.2. The Labute approximate surface area is 118 Å². The smallest absolute Gasteiger partial charge is 0.124 e. The Morgan fingerprint density at radius 2 is 2.15 bits per heavy atom. The molecule has 1 aliphatic carbocycles. The molecule has 20 heavy (non-hydrogen) atoms. The maximum absolute atomic E-state index is 10.2. The number of hydrogen-bond donors (Lipinski definition) is 3. The SMILES string of the molecule is Oc1ccc2c(c1)CN(CC(O)C1(O)CCC1)CCO2. The molecule has 1 fully saturated rings. The van der Waals surface area contributed by atoms with Crippen LogP contribution < -0.4 is 4.74 Å². The van der Waals surface area contributed by atoms with Crippen molar-refractivity contribution >= 4 is 0 Å². The van der Waals surface area contributed by atoms with Gasteiger partial charge in [-0.1, -0.05) is 0 Å². The van der Waals surface area contributed by atoms with Crippen LogP contribution in [0.15, 0.2) is 18.2 Å². The minimum atomic E-state index is -0.908. The van der Waals surface area contributed by atoms with Gasteiger partial charge in [0.15, 0.2) is 0 Å². The molecule has 1 aromatic carbocycles. The van der Waals surface area contributed by atoms with Gasteiger partial charge in [-0.3, -0.25) is 4.90 Å². The fraction of sp³-hybridized carbons (Fsp3) is 0.600. The molecule has 3 N–H and O–H groups in total. The number of phenols is 1. The predicted molar refractivity (Wildman–Crippen MR) is 73.7 cm³/mol. The topological polar surface area (TPSA) is 73.2 Å². The Balaban J connectivity index is 1.69. The molecule has 110 valence electrons. The Bertz CT molecular complexity index is 487. The van der Waals surface area contributed by atoms with Crippen LogP contribution in [0.1, 0.15) is 24.8 Å². The lowest BCUT2D eigenvalue weighted by atomic mass is 9.76. The molecular weight excluding hydrogens is 258 g/mol. The molecule has 0 bridgehead atoms. The molecule has 1 atom stereocenters. The van der Waals surface area contributed by atoms with Gasteiger partial charge in [-0.15, -0.1) is 0 Å². The van der Waals surface area contributed by atoms with E-state index in [1.165, 1.54) is 0 Å². The Kier molecular flexibility index (Phi) is 3.58. The molecule has 5 nitrogen and oxygen atoms in total. The molecule has 1 unspecified atom stereocenters. The summed E-state index contributed by atoms with van der Waals surface area (Å²) in [7, 11) is 0. The molecule has 0 radical (unpaired) electrons. The first-order valence-electron chi connectivity index (χ1n) is 7.14. The maximum Gasteiger partial charge on any atom is 0.124 e. The lowest BCUT2D eigenvalue weighted by Crippen LogP contribution is -2.53. The highest BCUT2D eigenvalue weighted by molar-refractivity contribution is 5.40. The molecule has 1 saturated carbocycles. The van der Waals surface area contributed by atoms with Crippen LogP contribution in [0, 0.1) is 0 Å². The Morgan fingerprint density at radius 1 is 1.35 bits per heavy atom. The van der Waals surface area contributed by atoms with E-state index in [2.05, 4.69) is 4.90 Å². The van der Waals surface area contributed by atoms with E-state index in [1.54, 1.807) is 18.2 Å². The summed E-state index contributed by atoms with van der Waals surface area (Å²) in [5.41, 5.74) is 0.00440. The summed E-state index contributed by atoms with van der Waals surface area (Å²) in [6.45, 7) is 2.28. The van der Waals surface area contributed by atoms with Gasteiger partial charge < -0.3 is 20.1 Å². The van der Waals surface area contributed by atoms with Gasteiger partial charge in [-0.25, -0.2) is 0 Å². The maximum atomic E-state index is 10.2. The standard InChI is InChI=1S/C15H21NO4/c17-12-2-3-13-11(8-12)9-16(6-7-20-13)10-14(18)15(19)4-1-5-15/h2-3,8,14,17-19H,1,4-7,9-10H2. The van der Waals surface area contributed by atoms with Gasteiger partial charge in [0.05, 0.1) is 11.7 Å². The van der Waals surface area contributed by atoms with Crippen LogP contribution in [-0.4, -0.2) is 51.6 Å². The molecule has 0 amide bonds. The van der Waals surface area contributed by atoms with Gasteiger partial charge in [-0.05, 0) is 37.5 Å². The highest BCUT2D eigenvalue weighted by atomic mass is 16.5. The predicted octanol–water partition coefficient (Wildman–Crippen LogP) is 0.862. The van der Waals surface area contributed by atoms with Gasteiger partial charge in [0.2, 0.25) is 0 Å². The molecule has 5 heteroatoms. The normalized spacial score (nSPS) is 23.1. The van der Waals surface area contributed by atoms with E-state index in [9.17, 15) is 15.3 Å². The molecule has 0 saturated heterocycles. The van der Waals surface area contributed by atoms with Crippen LogP contribution in [0.5, 0.6) is 11.5 Å². The third kappa shape index (κ3) is 2.61. The third-order valence-corrected chi connectivity index (χ3v) is 4.37. The largest absolute Gasteiger partial charge is 0.508 e.